The van der Waals surface area contributed by atoms with E-state index in [1.54, 1.807) is 18.2 Å². The summed E-state index contributed by atoms with van der Waals surface area (Å²) in [6.07, 6.45) is 1.87. The van der Waals surface area contributed by atoms with Crippen molar-refractivity contribution in [1.82, 2.24) is 0 Å². The molecule has 6 nitrogen and oxygen atoms in total. The van der Waals surface area contributed by atoms with Gasteiger partial charge in [0.1, 0.15) is 23.0 Å². The van der Waals surface area contributed by atoms with Crippen molar-refractivity contribution < 1.29 is 29.6 Å². The van der Waals surface area contributed by atoms with Gasteiger partial charge in [-0.2, -0.15) is 0 Å². The van der Waals surface area contributed by atoms with E-state index >= 15 is 0 Å². The number of hydrogen-bond donors (Lipinski definition) is 3. The monoisotopic (exact) mass is 406 g/mol. The fraction of sp³-hybridized carbons (Fsp3) is 0.167. The van der Waals surface area contributed by atoms with Crippen LogP contribution in [0.3, 0.4) is 0 Å². The standard InChI is InChI=1S/C24H22O6/c1-2-3-11-30-18-8-10-20(22(27)14-18)24(29)16-6-4-5-15(12-16)23(28)19-9-7-17(25)13-21(19)26/h4-10,12-14,25-27H,2-3,11H2,1H3. The second-order valence-corrected chi connectivity index (χ2v) is 6.82. The Morgan fingerprint density at radius 3 is 1.97 bits per heavy atom. The van der Waals surface area contributed by atoms with Crippen LogP contribution in [0.15, 0.2) is 60.7 Å². The molecule has 3 N–H and O–H groups in total. The summed E-state index contributed by atoms with van der Waals surface area (Å²) in [7, 11) is 0. The number of ketones is 2. The third kappa shape index (κ3) is 4.60. The van der Waals surface area contributed by atoms with Crippen LogP contribution < -0.4 is 4.74 Å². The zero-order valence-corrected chi connectivity index (χ0v) is 16.5. The Morgan fingerprint density at radius 1 is 0.800 bits per heavy atom. The van der Waals surface area contributed by atoms with Crippen molar-refractivity contribution in [3.05, 3.63) is 82.9 Å². The topological polar surface area (TPSA) is 104 Å². The minimum Gasteiger partial charge on any atom is -0.508 e. The predicted molar refractivity (Wildman–Crippen MR) is 112 cm³/mol. The van der Waals surface area contributed by atoms with E-state index in [4.69, 9.17) is 4.74 Å². The molecular formula is C24H22O6. The molecule has 0 atom stereocenters. The quantitative estimate of drug-likeness (QED) is 0.377. The first-order chi connectivity index (χ1) is 14.4. The van der Waals surface area contributed by atoms with Crippen LogP contribution in [-0.2, 0) is 0 Å². The van der Waals surface area contributed by atoms with Crippen LogP contribution in [0.25, 0.3) is 0 Å². The minimum absolute atomic E-state index is 0.00817. The van der Waals surface area contributed by atoms with E-state index < -0.39 is 11.6 Å². The summed E-state index contributed by atoms with van der Waals surface area (Å²) in [4.78, 5) is 25.6. The van der Waals surface area contributed by atoms with Crippen LogP contribution >= 0.6 is 0 Å². The van der Waals surface area contributed by atoms with Crippen molar-refractivity contribution in [2.45, 2.75) is 19.8 Å². The summed E-state index contributed by atoms with van der Waals surface area (Å²) in [5.74, 6) is -1.19. The lowest BCUT2D eigenvalue weighted by atomic mass is 9.96. The molecule has 3 rings (SSSR count). The molecule has 3 aromatic rings. The van der Waals surface area contributed by atoms with Crippen LogP contribution in [0, 0.1) is 0 Å². The van der Waals surface area contributed by atoms with Crippen LogP contribution in [0.4, 0.5) is 0 Å². The Kier molecular flexibility index (Phi) is 6.37. The highest BCUT2D eigenvalue weighted by molar-refractivity contribution is 6.14. The first-order valence-corrected chi connectivity index (χ1v) is 9.58. The van der Waals surface area contributed by atoms with Gasteiger partial charge in [-0.05, 0) is 36.8 Å². The summed E-state index contributed by atoms with van der Waals surface area (Å²) < 4.78 is 5.53. The molecule has 0 fully saturated rings. The highest BCUT2D eigenvalue weighted by atomic mass is 16.5. The molecule has 0 radical (unpaired) electrons. The molecule has 0 aliphatic carbocycles. The highest BCUT2D eigenvalue weighted by Crippen LogP contribution is 2.28. The van der Waals surface area contributed by atoms with Gasteiger partial charge in [-0.25, -0.2) is 0 Å². The van der Waals surface area contributed by atoms with E-state index in [1.807, 2.05) is 6.92 Å². The molecule has 3 aromatic carbocycles. The zero-order chi connectivity index (χ0) is 21.7. The molecule has 0 aliphatic heterocycles. The van der Waals surface area contributed by atoms with E-state index in [-0.39, 0.29) is 39.5 Å². The average Bonchev–Trinajstić information content (AvgIpc) is 2.73. The van der Waals surface area contributed by atoms with Crippen molar-refractivity contribution in [1.29, 1.82) is 0 Å². The van der Waals surface area contributed by atoms with Gasteiger partial charge < -0.3 is 20.1 Å². The van der Waals surface area contributed by atoms with Gasteiger partial charge in [0.15, 0.2) is 11.6 Å². The van der Waals surface area contributed by atoms with Gasteiger partial charge in [0.25, 0.3) is 0 Å². The van der Waals surface area contributed by atoms with E-state index in [1.165, 1.54) is 36.4 Å². The lowest BCUT2D eigenvalue weighted by Crippen LogP contribution is -2.06. The highest BCUT2D eigenvalue weighted by Gasteiger charge is 2.18. The Hall–Kier alpha value is -3.80. The number of benzene rings is 3. The summed E-state index contributed by atoms with van der Waals surface area (Å²) in [5.41, 5.74) is 0.513. The van der Waals surface area contributed by atoms with Gasteiger partial charge in [-0.3, -0.25) is 9.59 Å². The maximum Gasteiger partial charge on any atom is 0.196 e. The average molecular weight is 406 g/mol. The smallest absolute Gasteiger partial charge is 0.196 e. The molecule has 0 bridgehead atoms. The molecule has 0 amide bonds. The lowest BCUT2D eigenvalue weighted by Gasteiger charge is -2.10. The van der Waals surface area contributed by atoms with Crippen molar-refractivity contribution >= 4 is 11.6 Å². The summed E-state index contributed by atoms with van der Waals surface area (Å²) in [6.45, 7) is 2.57. The number of ether oxygens (including phenoxy) is 1. The Balaban J connectivity index is 1.85. The van der Waals surface area contributed by atoms with E-state index in [0.717, 1.165) is 18.9 Å². The van der Waals surface area contributed by atoms with Gasteiger partial charge in [0.2, 0.25) is 0 Å². The molecule has 0 saturated carbocycles. The summed E-state index contributed by atoms with van der Waals surface area (Å²) in [6, 6.07) is 14.2. The third-order valence-corrected chi connectivity index (χ3v) is 4.59. The summed E-state index contributed by atoms with van der Waals surface area (Å²) >= 11 is 0. The van der Waals surface area contributed by atoms with Gasteiger partial charge in [-0.1, -0.05) is 31.5 Å². The number of phenolic OH excluding ortho intramolecular Hbond substituents is 3. The molecule has 30 heavy (non-hydrogen) atoms. The molecule has 0 spiro atoms. The Morgan fingerprint density at radius 2 is 1.40 bits per heavy atom. The van der Waals surface area contributed by atoms with Crippen molar-refractivity contribution in [3.63, 3.8) is 0 Å². The molecule has 0 saturated heterocycles. The molecular weight excluding hydrogens is 384 g/mol. The second-order valence-electron chi connectivity index (χ2n) is 6.82. The number of hydrogen-bond acceptors (Lipinski definition) is 6. The summed E-state index contributed by atoms with van der Waals surface area (Å²) in [5, 5.41) is 29.6. The Bertz CT molecular complexity index is 1090. The van der Waals surface area contributed by atoms with Gasteiger partial charge in [-0.15, -0.1) is 0 Å². The molecule has 0 unspecified atom stereocenters. The number of unbranched alkanes of at least 4 members (excludes halogenated alkanes) is 1. The van der Waals surface area contributed by atoms with Crippen LogP contribution in [0.5, 0.6) is 23.0 Å². The van der Waals surface area contributed by atoms with Crippen molar-refractivity contribution in [2.75, 3.05) is 6.61 Å². The van der Waals surface area contributed by atoms with E-state index in [9.17, 15) is 24.9 Å². The molecule has 0 aromatic heterocycles. The van der Waals surface area contributed by atoms with Crippen molar-refractivity contribution in [2.24, 2.45) is 0 Å². The SMILES string of the molecule is CCCCOc1ccc(C(=O)c2cccc(C(=O)c3ccc(O)cc3O)c2)c(O)c1. The number of carbonyl (C=O) groups is 2. The Labute approximate surface area is 174 Å². The maximum atomic E-state index is 12.9. The van der Waals surface area contributed by atoms with Gasteiger partial charge in [0, 0.05) is 23.3 Å². The first kappa shape index (κ1) is 20.9. The molecule has 6 heteroatoms. The number of phenols is 3. The number of carbonyl (C=O) groups excluding carboxylic acids is 2. The van der Waals surface area contributed by atoms with Crippen LogP contribution in [-0.4, -0.2) is 33.5 Å². The number of aromatic hydroxyl groups is 3. The van der Waals surface area contributed by atoms with Crippen LogP contribution in [0.1, 0.15) is 51.6 Å². The van der Waals surface area contributed by atoms with Gasteiger partial charge >= 0.3 is 0 Å². The maximum absolute atomic E-state index is 12.9. The van der Waals surface area contributed by atoms with E-state index in [2.05, 4.69) is 0 Å². The van der Waals surface area contributed by atoms with Crippen molar-refractivity contribution in [3.8, 4) is 23.0 Å². The fourth-order valence-corrected chi connectivity index (χ4v) is 2.95. The van der Waals surface area contributed by atoms with Crippen LogP contribution in [0.2, 0.25) is 0 Å². The second kappa shape index (κ2) is 9.13. The predicted octanol–water partition coefficient (Wildman–Crippen LogP) is 4.44. The minimum atomic E-state index is -0.494. The lowest BCUT2D eigenvalue weighted by molar-refractivity contribution is 0.103. The zero-order valence-electron chi connectivity index (χ0n) is 16.5. The van der Waals surface area contributed by atoms with Gasteiger partial charge in [0.05, 0.1) is 17.7 Å². The largest absolute Gasteiger partial charge is 0.508 e. The normalized spacial score (nSPS) is 10.6. The molecule has 0 aliphatic rings. The third-order valence-electron chi connectivity index (χ3n) is 4.59. The fourth-order valence-electron chi connectivity index (χ4n) is 2.95. The first-order valence-electron chi connectivity index (χ1n) is 9.58. The molecule has 154 valence electrons. The van der Waals surface area contributed by atoms with E-state index in [0.29, 0.717) is 12.4 Å². The molecule has 0 heterocycles. The number of rotatable bonds is 8.